The summed E-state index contributed by atoms with van der Waals surface area (Å²) in [5.74, 6) is 1.13. The van der Waals surface area contributed by atoms with E-state index in [1.54, 1.807) is 23.1 Å². The molecule has 0 aliphatic carbocycles. The molecule has 0 spiro atoms. The molecule has 0 radical (unpaired) electrons. The molecule has 2 N–H and O–H groups in total. The number of carbonyl (C=O) groups excluding carboxylic acids is 1. The predicted octanol–water partition coefficient (Wildman–Crippen LogP) is 1.23. The van der Waals surface area contributed by atoms with Gasteiger partial charge in [-0.2, -0.15) is 11.8 Å². The van der Waals surface area contributed by atoms with Gasteiger partial charge in [-0.15, -0.1) is 11.3 Å². The number of aromatic nitrogens is 1. The number of nitrogens with zero attached hydrogens (tertiary/aromatic N) is 1. The van der Waals surface area contributed by atoms with Gasteiger partial charge in [0.25, 0.3) is 5.91 Å². The highest BCUT2D eigenvalue weighted by atomic mass is 32.2. The van der Waals surface area contributed by atoms with Crippen molar-refractivity contribution < 1.29 is 9.90 Å². The molecule has 1 unspecified atom stereocenters. The Labute approximate surface area is 115 Å². The van der Waals surface area contributed by atoms with Crippen LogP contribution < -0.4 is 5.32 Å². The molecule has 1 amide bonds. The Morgan fingerprint density at radius 1 is 1.67 bits per heavy atom. The molecule has 6 heteroatoms. The Morgan fingerprint density at radius 2 is 2.50 bits per heavy atom. The number of hydrogen-bond acceptors (Lipinski definition) is 5. The zero-order chi connectivity index (χ0) is 13.0. The lowest BCUT2D eigenvalue weighted by atomic mass is 10.0. The first-order valence-corrected chi connectivity index (χ1v) is 8.19. The first-order chi connectivity index (χ1) is 8.64. The molecule has 1 saturated heterocycles. The lowest BCUT2D eigenvalue weighted by molar-refractivity contribution is -0.137. The molecule has 100 valence electrons. The van der Waals surface area contributed by atoms with E-state index in [0.29, 0.717) is 18.7 Å². The summed E-state index contributed by atoms with van der Waals surface area (Å²) in [5, 5.41) is 16.0. The van der Waals surface area contributed by atoms with Crippen LogP contribution in [0.5, 0.6) is 0 Å². The zero-order valence-corrected chi connectivity index (χ0v) is 12.1. The van der Waals surface area contributed by atoms with E-state index in [9.17, 15) is 9.90 Å². The molecule has 0 aromatic carbocycles. The molecule has 18 heavy (non-hydrogen) atoms. The third-order valence-corrected chi connectivity index (χ3v) is 5.21. The average molecular weight is 286 g/mol. The van der Waals surface area contributed by atoms with Gasteiger partial charge in [0, 0.05) is 24.1 Å². The summed E-state index contributed by atoms with van der Waals surface area (Å²) in [5.41, 5.74) is -0.133. The fourth-order valence-electron chi connectivity index (χ4n) is 1.83. The van der Waals surface area contributed by atoms with E-state index in [1.165, 1.54) is 0 Å². The van der Waals surface area contributed by atoms with E-state index >= 15 is 0 Å². The van der Waals surface area contributed by atoms with Crippen molar-refractivity contribution in [3.05, 3.63) is 16.1 Å². The molecule has 1 atom stereocenters. The van der Waals surface area contributed by atoms with Gasteiger partial charge in [-0.25, -0.2) is 4.98 Å². The molecule has 1 aliphatic rings. The van der Waals surface area contributed by atoms with Crippen LogP contribution in [0.3, 0.4) is 0 Å². The molecule has 1 aromatic rings. The highest BCUT2D eigenvalue weighted by Crippen LogP contribution is 2.27. The topological polar surface area (TPSA) is 62.2 Å². The number of thioether (sulfide) groups is 1. The number of carbonyl (C=O) groups is 1. The van der Waals surface area contributed by atoms with Crippen LogP contribution in [0.2, 0.25) is 0 Å². The number of nitrogens with one attached hydrogen (secondary N) is 1. The third kappa shape index (κ3) is 3.24. The molecular weight excluding hydrogens is 268 g/mol. The van der Waals surface area contributed by atoms with Crippen LogP contribution in [-0.4, -0.2) is 39.6 Å². The summed E-state index contributed by atoms with van der Waals surface area (Å²) in [4.78, 5) is 16.3. The molecule has 0 saturated carbocycles. The average Bonchev–Trinajstić information content (AvgIpc) is 2.99. The van der Waals surface area contributed by atoms with E-state index in [4.69, 9.17) is 0 Å². The third-order valence-electron chi connectivity index (χ3n) is 2.99. The van der Waals surface area contributed by atoms with Crippen molar-refractivity contribution in [1.82, 2.24) is 10.3 Å². The SMILES string of the molecule is CCc1nc(CCNC(=O)C2(O)CCSC2)cs1. The van der Waals surface area contributed by atoms with Crippen molar-refractivity contribution in [2.45, 2.75) is 31.8 Å². The fourth-order valence-corrected chi connectivity index (χ4v) is 3.85. The number of aliphatic hydroxyl groups is 1. The molecule has 1 fully saturated rings. The van der Waals surface area contributed by atoms with Crippen molar-refractivity contribution in [3.8, 4) is 0 Å². The van der Waals surface area contributed by atoms with Crippen LogP contribution in [-0.2, 0) is 17.6 Å². The lowest BCUT2D eigenvalue weighted by Gasteiger charge is -2.19. The maximum Gasteiger partial charge on any atom is 0.252 e. The molecule has 1 aliphatic heterocycles. The Morgan fingerprint density at radius 3 is 3.11 bits per heavy atom. The highest BCUT2D eigenvalue weighted by molar-refractivity contribution is 7.99. The number of hydrogen-bond donors (Lipinski definition) is 2. The van der Waals surface area contributed by atoms with Gasteiger partial charge in [0.15, 0.2) is 5.60 Å². The van der Waals surface area contributed by atoms with Gasteiger partial charge in [0.05, 0.1) is 10.7 Å². The molecule has 2 rings (SSSR count). The van der Waals surface area contributed by atoms with Crippen molar-refractivity contribution in [3.63, 3.8) is 0 Å². The number of aryl methyl sites for hydroxylation is 1. The lowest BCUT2D eigenvalue weighted by Crippen LogP contribution is -2.47. The van der Waals surface area contributed by atoms with E-state index in [0.717, 1.165) is 29.3 Å². The summed E-state index contributed by atoms with van der Waals surface area (Å²) < 4.78 is 0. The first-order valence-electron chi connectivity index (χ1n) is 6.16. The van der Waals surface area contributed by atoms with E-state index in [2.05, 4.69) is 17.2 Å². The Kier molecular flexibility index (Phi) is 4.64. The molecule has 1 aromatic heterocycles. The van der Waals surface area contributed by atoms with Crippen LogP contribution >= 0.6 is 23.1 Å². The first kappa shape index (κ1) is 13.8. The molecule has 4 nitrogen and oxygen atoms in total. The smallest absolute Gasteiger partial charge is 0.252 e. The van der Waals surface area contributed by atoms with E-state index in [-0.39, 0.29) is 5.91 Å². The maximum absolute atomic E-state index is 11.8. The van der Waals surface area contributed by atoms with Gasteiger partial charge in [0.2, 0.25) is 0 Å². The maximum atomic E-state index is 11.8. The number of amides is 1. The van der Waals surface area contributed by atoms with Crippen molar-refractivity contribution in [1.29, 1.82) is 0 Å². The predicted molar refractivity (Wildman–Crippen MR) is 75.1 cm³/mol. The largest absolute Gasteiger partial charge is 0.379 e. The minimum absolute atomic E-state index is 0.238. The van der Waals surface area contributed by atoms with Crippen LogP contribution in [0.4, 0.5) is 0 Å². The van der Waals surface area contributed by atoms with E-state index < -0.39 is 5.60 Å². The van der Waals surface area contributed by atoms with Gasteiger partial charge in [-0.1, -0.05) is 6.92 Å². The zero-order valence-electron chi connectivity index (χ0n) is 10.4. The van der Waals surface area contributed by atoms with Gasteiger partial charge < -0.3 is 10.4 Å². The second-order valence-corrected chi connectivity index (χ2v) is 6.47. The number of rotatable bonds is 5. The van der Waals surface area contributed by atoms with Gasteiger partial charge in [-0.3, -0.25) is 4.79 Å². The van der Waals surface area contributed by atoms with Crippen molar-refractivity contribution >= 4 is 29.0 Å². The summed E-state index contributed by atoms with van der Waals surface area (Å²) in [6.45, 7) is 2.62. The normalized spacial score (nSPS) is 23.2. The summed E-state index contributed by atoms with van der Waals surface area (Å²) in [6.07, 6.45) is 2.24. The summed E-state index contributed by atoms with van der Waals surface area (Å²) in [6, 6.07) is 0. The van der Waals surface area contributed by atoms with Gasteiger partial charge in [-0.05, 0) is 18.6 Å². The Balaban J connectivity index is 1.76. The van der Waals surface area contributed by atoms with Crippen LogP contribution in [0.1, 0.15) is 24.0 Å². The summed E-state index contributed by atoms with van der Waals surface area (Å²) in [7, 11) is 0. The summed E-state index contributed by atoms with van der Waals surface area (Å²) >= 11 is 3.28. The minimum Gasteiger partial charge on any atom is -0.379 e. The van der Waals surface area contributed by atoms with Crippen molar-refractivity contribution in [2.24, 2.45) is 0 Å². The molecule has 0 bridgehead atoms. The number of thiazole rings is 1. The van der Waals surface area contributed by atoms with Gasteiger partial charge >= 0.3 is 0 Å². The fraction of sp³-hybridized carbons (Fsp3) is 0.667. The standard InChI is InChI=1S/C12H18N2O2S2/c1-2-10-14-9(7-18-10)3-5-13-11(15)12(16)4-6-17-8-12/h7,16H,2-6,8H2,1H3,(H,13,15). The second kappa shape index (κ2) is 6.04. The highest BCUT2D eigenvalue weighted by Gasteiger charge is 2.39. The van der Waals surface area contributed by atoms with Crippen LogP contribution in [0.15, 0.2) is 5.38 Å². The van der Waals surface area contributed by atoms with Crippen LogP contribution in [0.25, 0.3) is 0 Å². The quantitative estimate of drug-likeness (QED) is 0.855. The Bertz CT molecular complexity index is 414. The minimum atomic E-state index is -1.15. The molecule has 2 heterocycles. The monoisotopic (exact) mass is 286 g/mol. The van der Waals surface area contributed by atoms with Crippen LogP contribution in [0, 0.1) is 0 Å². The van der Waals surface area contributed by atoms with E-state index in [1.807, 2.05) is 5.38 Å². The second-order valence-electron chi connectivity index (χ2n) is 4.43. The Hall–Kier alpha value is -0.590. The van der Waals surface area contributed by atoms with Gasteiger partial charge in [0.1, 0.15) is 0 Å². The van der Waals surface area contributed by atoms with Crippen molar-refractivity contribution in [2.75, 3.05) is 18.1 Å². The molecular formula is C12H18N2O2S2.